The van der Waals surface area contributed by atoms with Crippen LogP contribution in [-0.4, -0.2) is 21.8 Å². The molecule has 4 atom stereocenters. The Balaban J connectivity index is 1.94. The van der Waals surface area contributed by atoms with Gasteiger partial charge in [-0.15, -0.1) is 0 Å². The van der Waals surface area contributed by atoms with Crippen LogP contribution in [-0.2, 0) is 10.2 Å². The zero-order valence-electron chi connectivity index (χ0n) is 12.0. The van der Waals surface area contributed by atoms with Crippen LogP contribution in [0.5, 0.6) is 0 Å². The lowest BCUT2D eigenvalue weighted by molar-refractivity contribution is -0.141. The Labute approximate surface area is 138 Å². The summed E-state index contributed by atoms with van der Waals surface area (Å²) in [6.45, 7) is 0. The molecule has 0 amide bonds. The molecule has 0 saturated heterocycles. The van der Waals surface area contributed by atoms with Gasteiger partial charge in [0.15, 0.2) is 5.78 Å². The van der Waals surface area contributed by atoms with Crippen LogP contribution >= 0.6 is 15.9 Å². The van der Waals surface area contributed by atoms with E-state index in [1.807, 2.05) is 60.7 Å². The van der Waals surface area contributed by atoms with Crippen LogP contribution in [0.15, 0.2) is 60.7 Å². The van der Waals surface area contributed by atoms with Crippen LogP contribution in [0.1, 0.15) is 17.5 Å². The summed E-state index contributed by atoms with van der Waals surface area (Å²) in [6, 6.07) is 20.0. The van der Waals surface area contributed by atoms with Gasteiger partial charge in [-0.05, 0) is 17.5 Å². The number of benzene rings is 2. The average molecular weight is 357 g/mol. The largest absolute Gasteiger partial charge is 0.392 e. The Hall–Kier alpha value is -1.45. The number of fused-ring (bicyclic) bond motifs is 1. The topological polar surface area (TPSA) is 37.3 Å². The molecule has 1 N–H and O–H groups in total. The lowest BCUT2D eigenvalue weighted by Crippen LogP contribution is -2.61. The first-order valence-electron chi connectivity index (χ1n) is 7.65. The predicted molar refractivity (Wildman–Crippen MR) is 89.0 cm³/mol. The van der Waals surface area contributed by atoms with Crippen LogP contribution < -0.4 is 0 Å². The summed E-state index contributed by atoms with van der Waals surface area (Å²) in [5.41, 5.74) is 1.44. The van der Waals surface area contributed by atoms with E-state index in [0.717, 1.165) is 11.1 Å². The van der Waals surface area contributed by atoms with Crippen molar-refractivity contribution < 1.29 is 9.90 Å². The number of Topliss-reactive ketones (excluding diaryl/α,β-unsaturated/α-hetero) is 1. The first-order chi connectivity index (χ1) is 10.7. The number of carbonyl (C=O) groups excluding carboxylic acids is 1. The minimum Gasteiger partial charge on any atom is -0.392 e. The van der Waals surface area contributed by atoms with Crippen LogP contribution in [0.2, 0.25) is 0 Å². The summed E-state index contributed by atoms with van der Waals surface area (Å²) < 4.78 is 0. The molecule has 2 nitrogen and oxygen atoms in total. The van der Waals surface area contributed by atoms with E-state index in [9.17, 15) is 9.90 Å². The highest BCUT2D eigenvalue weighted by molar-refractivity contribution is 9.09. The lowest BCUT2D eigenvalue weighted by Gasteiger charge is -2.52. The van der Waals surface area contributed by atoms with E-state index in [-0.39, 0.29) is 22.4 Å². The van der Waals surface area contributed by atoms with Gasteiger partial charge in [0.1, 0.15) is 0 Å². The van der Waals surface area contributed by atoms with Gasteiger partial charge in [-0.3, -0.25) is 4.79 Å². The minimum absolute atomic E-state index is 0.0419. The summed E-state index contributed by atoms with van der Waals surface area (Å²) in [6.07, 6.45) is 0.120. The summed E-state index contributed by atoms with van der Waals surface area (Å²) in [7, 11) is 0. The molecule has 2 aliphatic rings. The van der Waals surface area contributed by atoms with E-state index in [4.69, 9.17) is 0 Å². The molecule has 4 rings (SSSR count). The molecule has 2 aliphatic carbocycles. The summed E-state index contributed by atoms with van der Waals surface area (Å²) in [5, 5.41) is 10.2. The molecule has 0 radical (unpaired) electrons. The van der Waals surface area contributed by atoms with Gasteiger partial charge in [-0.25, -0.2) is 0 Å². The molecular formula is C19H17BrO2. The van der Waals surface area contributed by atoms with Crippen molar-refractivity contribution in [2.45, 2.75) is 22.8 Å². The van der Waals surface area contributed by atoms with Gasteiger partial charge in [-0.1, -0.05) is 76.6 Å². The van der Waals surface area contributed by atoms with Crippen molar-refractivity contribution in [2.24, 2.45) is 11.8 Å². The van der Waals surface area contributed by atoms with Crippen molar-refractivity contribution in [3.63, 3.8) is 0 Å². The van der Waals surface area contributed by atoms with Crippen molar-refractivity contribution in [2.75, 3.05) is 0 Å². The monoisotopic (exact) mass is 356 g/mol. The molecule has 22 heavy (non-hydrogen) atoms. The SMILES string of the molecule is O=C1[C@@H]2C[C@H](O)[C@@H](Br)[C@@H]2C1(c1ccccc1)c1ccccc1. The first-order valence-corrected chi connectivity index (χ1v) is 8.56. The van der Waals surface area contributed by atoms with Crippen LogP contribution in [0, 0.1) is 11.8 Å². The molecule has 0 aliphatic heterocycles. The van der Waals surface area contributed by atoms with Gasteiger partial charge in [0, 0.05) is 16.7 Å². The number of carbonyl (C=O) groups is 1. The second-order valence-electron chi connectivity index (χ2n) is 6.28. The van der Waals surface area contributed by atoms with Gasteiger partial charge in [0.05, 0.1) is 11.5 Å². The van der Waals surface area contributed by atoms with Gasteiger partial charge in [0.25, 0.3) is 0 Å². The fraction of sp³-hybridized carbons (Fsp3) is 0.316. The highest BCUT2D eigenvalue weighted by Crippen LogP contribution is 2.62. The first kappa shape index (κ1) is 14.2. The predicted octanol–water partition coefficient (Wildman–Crippen LogP) is 3.32. The molecule has 0 spiro atoms. The second-order valence-corrected chi connectivity index (χ2v) is 7.34. The second kappa shape index (κ2) is 5.04. The van der Waals surface area contributed by atoms with Gasteiger partial charge in [-0.2, -0.15) is 0 Å². The molecular weight excluding hydrogens is 340 g/mol. The van der Waals surface area contributed by atoms with Crippen molar-refractivity contribution >= 4 is 21.7 Å². The fourth-order valence-corrected chi connectivity index (χ4v) is 5.39. The summed E-state index contributed by atoms with van der Waals surface area (Å²) in [5.74, 6) is 0.315. The highest BCUT2D eigenvalue weighted by Gasteiger charge is 2.69. The number of aliphatic hydroxyl groups excluding tert-OH is 1. The van der Waals surface area contributed by atoms with Crippen molar-refractivity contribution in [3.8, 4) is 0 Å². The van der Waals surface area contributed by atoms with Crippen LogP contribution in [0.25, 0.3) is 0 Å². The fourth-order valence-electron chi connectivity index (χ4n) is 4.41. The third-order valence-corrected chi connectivity index (χ3v) is 6.50. The van der Waals surface area contributed by atoms with E-state index in [0.29, 0.717) is 6.42 Å². The quantitative estimate of drug-likeness (QED) is 0.838. The molecule has 0 unspecified atom stereocenters. The van der Waals surface area contributed by atoms with E-state index in [1.54, 1.807) is 0 Å². The lowest BCUT2D eigenvalue weighted by atomic mass is 9.48. The maximum absolute atomic E-state index is 13.1. The molecule has 0 heterocycles. The Morgan fingerprint density at radius 2 is 1.45 bits per heavy atom. The molecule has 2 aromatic rings. The molecule has 2 fully saturated rings. The van der Waals surface area contributed by atoms with Gasteiger partial charge < -0.3 is 5.11 Å². The van der Waals surface area contributed by atoms with Crippen molar-refractivity contribution in [1.29, 1.82) is 0 Å². The average Bonchev–Trinajstić information content (AvgIpc) is 2.83. The normalized spacial score (nSPS) is 32.4. The number of halogens is 1. The van der Waals surface area contributed by atoms with Crippen LogP contribution in [0.4, 0.5) is 0 Å². The number of rotatable bonds is 2. The maximum Gasteiger partial charge on any atom is 0.151 e. The standard InChI is InChI=1S/C19H17BrO2/c20-17-15(21)11-14-16(17)19(18(14)22,12-7-3-1-4-8-12)13-9-5-2-6-10-13/h1-10,14-17,21H,11H2/t14-,15+,16-,17-/m1/s1. The Bertz CT molecular complexity index is 658. The number of hydrogen-bond donors (Lipinski definition) is 1. The molecule has 3 heteroatoms. The summed E-state index contributed by atoms with van der Waals surface area (Å²) in [4.78, 5) is 13.1. The Morgan fingerprint density at radius 1 is 0.955 bits per heavy atom. The van der Waals surface area contributed by atoms with Gasteiger partial charge in [0.2, 0.25) is 0 Å². The van der Waals surface area contributed by atoms with Crippen molar-refractivity contribution in [1.82, 2.24) is 0 Å². The Kier molecular flexibility index (Phi) is 3.24. The number of alkyl halides is 1. The van der Waals surface area contributed by atoms with E-state index >= 15 is 0 Å². The third kappa shape index (κ3) is 1.67. The van der Waals surface area contributed by atoms with E-state index in [2.05, 4.69) is 15.9 Å². The minimum atomic E-state index is -0.626. The Morgan fingerprint density at radius 3 is 1.95 bits per heavy atom. The molecule has 0 bridgehead atoms. The zero-order chi connectivity index (χ0) is 15.3. The van der Waals surface area contributed by atoms with Crippen LogP contribution in [0.3, 0.4) is 0 Å². The summed E-state index contributed by atoms with van der Waals surface area (Å²) >= 11 is 3.66. The van der Waals surface area contributed by atoms with Gasteiger partial charge >= 0.3 is 0 Å². The number of aliphatic hydroxyl groups is 1. The third-order valence-electron chi connectivity index (χ3n) is 5.32. The van der Waals surface area contributed by atoms with E-state index < -0.39 is 11.5 Å². The van der Waals surface area contributed by atoms with Crippen molar-refractivity contribution in [3.05, 3.63) is 71.8 Å². The zero-order valence-corrected chi connectivity index (χ0v) is 13.6. The number of hydrogen-bond acceptors (Lipinski definition) is 2. The molecule has 2 saturated carbocycles. The molecule has 2 aromatic carbocycles. The highest BCUT2D eigenvalue weighted by atomic mass is 79.9. The number of ketones is 1. The molecule has 0 aromatic heterocycles. The molecule has 112 valence electrons. The smallest absolute Gasteiger partial charge is 0.151 e. The van der Waals surface area contributed by atoms with E-state index in [1.165, 1.54) is 0 Å². The maximum atomic E-state index is 13.1.